The van der Waals surface area contributed by atoms with Crippen molar-refractivity contribution < 1.29 is 31.6 Å². The molecule has 39 heavy (non-hydrogen) atoms. The van der Waals surface area contributed by atoms with E-state index >= 15 is 0 Å². The average molecular weight is 571 g/mol. The number of carbonyl (C=O) groups is 1. The van der Waals surface area contributed by atoms with Crippen LogP contribution in [0.5, 0.6) is 0 Å². The van der Waals surface area contributed by atoms with Crippen molar-refractivity contribution in [3.8, 4) is 0 Å². The number of hydrogen-bond acceptors (Lipinski definition) is 7. The summed E-state index contributed by atoms with van der Waals surface area (Å²) in [5.74, 6) is -0.372. The molecule has 1 amide bonds. The first kappa shape index (κ1) is 27.0. The Labute approximate surface area is 222 Å². The van der Waals surface area contributed by atoms with Crippen molar-refractivity contribution in [3.63, 3.8) is 0 Å². The molecule has 0 bridgehead atoms. The van der Waals surface area contributed by atoms with E-state index in [2.05, 4.69) is 15.2 Å². The highest BCUT2D eigenvalue weighted by molar-refractivity contribution is 7.10. The lowest BCUT2D eigenvalue weighted by atomic mass is 9.97. The fourth-order valence-electron chi connectivity index (χ4n) is 4.69. The summed E-state index contributed by atoms with van der Waals surface area (Å²) in [4.78, 5) is 36.3. The Morgan fingerprint density at radius 3 is 2.64 bits per heavy atom. The van der Waals surface area contributed by atoms with Crippen LogP contribution >= 0.6 is 11.3 Å². The van der Waals surface area contributed by atoms with Crippen LogP contribution in [-0.4, -0.2) is 48.9 Å². The highest BCUT2D eigenvalue weighted by atomic mass is 32.1. The molecule has 15 heteroatoms. The van der Waals surface area contributed by atoms with Gasteiger partial charge in [-0.05, 0) is 18.9 Å². The van der Waals surface area contributed by atoms with E-state index in [1.54, 1.807) is 7.05 Å². The molecule has 1 unspecified atom stereocenters. The molecule has 3 aromatic heterocycles. The summed E-state index contributed by atoms with van der Waals surface area (Å²) in [6.07, 6.45) is -4.41. The quantitative estimate of drug-likeness (QED) is 0.413. The molecule has 2 aliphatic rings. The number of amides is 1. The number of aromatic nitrogens is 4. The van der Waals surface area contributed by atoms with Crippen molar-refractivity contribution in [1.82, 2.24) is 24.2 Å². The maximum Gasteiger partial charge on any atom is 0.417 e. The van der Waals surface area contributed by atoms with Crippen molar-refractivity contribution in [2.24, 2.45) is 12.2 Å². The monoisotopic (exact) mass is 570 g/mol. The minimum Gasteiger partial charge on any atom is -0.387 e. The summed E-state index contributed by atoms with van der Waals surface area (Å²) in [6, 6.07) is 1.50. The van der Waals surface area contributed by atoms with Crippen molar-refractivity contribution >= 4 is 23.0 Å². The fraction of sp³-hybridized carbons (Fsp3) is 0.458. The Morgan fingerprint density at radius 1 is 1.21 bits per heavy atom. The zero-order valence-corrected chi connectivity index (χ0v) is 21.4. The maximum atomic E-state index is 13.3. The summed E-state index contributed by atoms with van der Waals surface area (Å²) in [6.45, 7) is 0.269. The lowest BCUT2D eigenvalue weighted by molar-refractivity contribution is -0.139. The van der Waals surface area contributed by atoms with Gasteiger partial charge in [0.05, 0.1) is 16.3 Å². The van der Waals surface area contributed by atoms with Crippen LogP contribution in [0, 0.1) is 0 Å². The lowest BCUT2D eigenvalue weighted by Gasteiger charge is -2.31. The number of oxime groups is 1. The van der Waals surface area contributed by atoms with Crippen LogP contribution < -0.4 is 5.56 Å². The van der Waals surface area contributed by atoms with Crippen LogP contribution in [0.4, 0.5) is 22.0 Å². The minimum atomic E-state index is -4.62. The van der Waals surface area contributed by atoms with Gasteiger partial charge in [0, 0.05) is 61.9 Å². The second-order valence-electron chi connectivity index (χ2n) is 9.39. The second-order valence-corrected chi connectivity index (χ2v) is 10.3. The van der Waals surface area contributed by atoms with E-state index < -0.39 is 42.3 Å². The largest absolute Gasteiger partial charge is 0.417 e. The summed E-state index contributed by atoms with van der Waals surface area (Å²) in [5.41, 5.74) is -0.584. The van der Waals surface area contributed by atoms with Crippen molar-refractivity contribution in [1.29, 1.82) is 0 Å². The summed E-state index contributed by atoms with van der Waals surface area (Å²) < 4.78 is 67.7. The Morgan fingerprint density at radius 2 is 1.95 bits per heavy atom. The predicted molar refractivity (Wildman–Crippen MR) is 130 cm³/mol. The number of pyridine rings is 1. The van der Waals surface area contributed by atoms with Crippen LogP contribution in [-0.2, 0) is 29.4 Å². The van der Waals surface area contributed by atoms with E-state index in [1.807, 2.05) is 5.38 Å². The zero-order chi connectivity index (χ0) is 27.9. The number of halogens is 5. The molecular weight excluding hydrogens is 547 g/mol. The number of alkyl halides is 5. The molecule has 0 N–H and O–H groups in total. The Bertz CT molecular complexity index is 1450. The number of likely N-dealkylation sites (tertiary alicyclic amines) is 1. The molecule has 0 saturated carbocycles. The molecule has 0 spiro atoms. The third kappa shape index (κ3) is 5.72. The number of thiazole rings is 1. The van der Waals surface area contributed by atoms with Gasteiger partial charge in [0.15, 0.2) is 6.10 Å². The van der Waals surface area contributed by atoms with E-state index in [0.29, 0.717) is 49.6 Å². The first-order chi connectivity index (χ1) is 18.5. The zero-order valence-electron chi connectivity index (χ0n) is 20.6. The Hall–Kier alpha value is -3.62. The van der Waals surface area contributed by atoms with Crippen molar-refractivity contribution in [3.05, 3.63) is 67.8 Å². The Balaban J connectivity index is 1.17. The van der Waals surface area contributed by atoms with Crippen LogP contribution in [0.1, 0.15) is 65.2 Å². The van der Waals surface area contributed by atoms with Crippen LogP contribution in [0.15, 0.2) is 39.9 Å². The molecule has 1 atom stereocenters. The van der Waals surface area contributed by atoms with Gasteiger partial charge in [0.25, 0.3) is 12.0 Å². The lowest BCUT2D eigenvalue weighted by Crippen LogP contribution is -2.41. The number of carbonyl (C=O) groups excluding carboxylic acids is 1. The average Bonchev–Trinajstić information content (AvgIpc) is 3.64. The minimum absolute atomic E-state index is 0.0616. The molecule has 0 aliphatic carbocycles. The topological polar surface area (TPSA) is 94.6 Å². The highest BCUT2D eigenvalue weighted by Crippen LogP contribution is 2.36. The summed E-state index contributed by atoms with van der Waals surface area (Å²) in [5, 5.41) is 10.5. The van der Waals surface area contributed by atoms with Gasteiger partial charge in [-0.1, -0.05) is 5.16 Å². The SMILES string of the molecule is Cn1cc(C2CC(c3csc(C4CCN(C(=O)Cn5cc(C(F)(F)F)ccc5=O)CC4)n3)=NO2)c(C(F)F)n1. The first-order valence-electron chi connectivity index (χ1n) is 12.0. The number of piperidine rings is 1. The molecular formula is C24H23F5N6O3S. The molecule has 5 rings (SSSR count). The van der Waals surface area contributed by atoms with Gasteiger partial charge in [-0.2, -0.15) is 18.3 Å². The molecule has 1 fully saturated rings. The van der Waals surface area contributed by atoms with Gasteiger partial charge in [0.2, 0.25) is 5.91 Å². The number of rotatable bonds is 6. The predicted octanol–water partition coefficient (Wildman–Crippen LogP) is 4.27. The van der Waals surface area contributed by atoms with Crippen molar-refractivity contribution in [2.75, 3.05) is 13.1 Å². The van der Waals surface area contributed by atoms with Gasteiger partial charge >= 0.3 is 6.18 Å². The molecule has 0 radical (unpaired) electrons. The van der Waals surface area contributed by atoms with Crippen LogP contribution in [0.2, 0.25) is 0 Å². The number of aryl methyl sites for hydroxylation is 1. The highest BCUT2D eigenvalue weighted by Gasteiger charge is 2.33. The molecule has 5 heterocycles. The van der Waals surface area contributed by atoms with Gasteiger partial charge in [-0.25, -0.2) is 13.8 Å². The molecule has 208 valence electrons. The van der Waals surface area contributed by atoms with Gasteiger partial charge in [0.1, 0.15) is 18.0 Å². The molecule has 2 aliphatic heterocycles. The van der Waals surface area contributed by atoms with Gasteiger partial charge < -0.3 is 14.3 Å². The van der Waals surface area contributed by atoms with Gasteiger partial charge in [-0.3, -0.25) is 14.3 Å². The fourth-order valence-corrected chi connectivity index (χ4v) is 5.69. The maximum absolute atomic E-state index is 13.3. The van der Waals surface area contributed by atoms with Gasteiger partial charge in [-0.15, -0.1) is 11.3 Å². The van der Waals surface area contributed by atoms with E-state index in [0.717, 1.165) is 15.6 Å². The third-order valence-electron chi connectivity index (χ3n) is 6.74. The smallest absolute Gasteiger partial charge is 0.387 e. The van der Waals surface area contributed by atoms with E-state index in [1.165, 1.54) is 27.1 Å². The standard InChI is InChI=1S/C24H23F5N6O3S/c1-33-10-15(21(31-33)22(25)26)18-8-16(32-38-18)17-12-39-23(30-17)13-4-6-34(7-5-13)20(37)11-35-9-14(24(27,28)29)2-3-19(35)36/h2-3,9-10,12-13,18,22H,4-8,11H2,1H3. The van der Waals surface area contributed by atoms with Crippen LogP contribution in [0.3, 0.4) is 0 Å². The second kappa shape index (κ2) is 10.5. The molecule has 9 nitrogen and oxygen atoms in total. The normalized spacial score (nSPS) is 18.5. The van der Waals surface area contributed by atoms with E-state index in [9.17, 15) is 31.5 Å². The number of hydrogen-bond donors (Lipinski definition) is 0. The van der Waals surface area contributed by atoms with Crippen molar-refractivity contribution in [2.45, 2.75) is 50.4 Å². The van der Waals surface area contributed by atoms with Crippen LogP contribution in [0.25, 0.3) is 0 Å². The summed E-state index contributed by atoms with van der Waals surface area (Å²) >= 11 is 1.43. The third-order valence-corrected chi connectivity index (χ3v) is 7.75. The summed E-state index contributed by atoms with van der Waals surface area (Å²) in [7, 11) is 1.56. The number of nitrogens with zero attached hydrogens (tertiary/aromatic N) is 6. The first-order valence-corrected chi connectivity index (χ1v) is 12.9. The Kier molecular flexibility index (Phi) is 7.27. The molecule has 0 aromatic carbocycles. The van der Waals surface area contributed by atoms with E-state index in [4.69, 9.17) is 4.84 Å². The van der Waals surface area contributed by atoms with E-state index in [-0.39, 0.29) is 23.6 Å². The molecule has 1 saturated heterocycles. The molecule has 3 aromatic rings.